The van der Waals surface area contributed by atoms with Gasteiger partial charge in [0.05, 0.1) is 45.7 Å². The minimum atomic E-state index is -4.13. The third-order valence-electron chi connectivity index (χ3n) is 3.40. The molecule has 0 aromatic carbocycles. The molecule has 0 saturated carbocycles. The second kappa shape index (κ2) is 17.8. The van der Waals surface area contributed by atoms with Gasteiger partial charge in [-0.1, -0.05) is 0 Å². The Bertz CT molecular complexity index is 671. The molecule has 2 N–H and O–H groups in total. The summed E-state index contributed by atoms with van der Waals surface area (Å²) in [5, 5.41) is 0. The monoisotopic (exact) mass is 513 g/mol. The first-order chi connectivity index (χ1) is 16.0. The quantitative estimate of drug-likeness (QED) is 0.0796. The van der Waals surface area contributed by atoms with E-state index in [1.165, 1.54) is 11.9 Å². The average Bonchev–Trinajstić information content (AvgIpc) is 2.73. The minimum Gasteiger partial charge on any atom is -0.462 e. The van der Waals surface area contributed by atoms with Gasteiger partial charge in [-0.3, -0.25) is 13.8 Å². The summed E-state index contributed by atoms with van der Waals surface area (Å²) < 4.78 is 51.3. The predicted molar refractivity (Wildman–Crippen MR) is 120 cm³/mol. The number of esters is 1. The van der Waals surface area contributed by atoms with Crippen LogP contribution >= 0.6 is 7.75 Å². The molecule has 0 radical (unpaired) electrons. The molecule has 0 aliphatic rings. The van der Waals surface area contributed by atoms with Gasteiger partial charge < -0.3 is 34.3 Å². The van der Waals surface area contributed by atoms with E-state index in [1.807, 2.05) is 0 Å². The van der Waals surface area contributed by atoms with Crippen molar-refractivity contribution in [2.24, 2.45) is 10.5 Å². The molecule has 0 spiro atoms. The molecule has 15 heteroatoms. The highest BCUT2D eigenvalue weighted by atomic mass is 31.2. The molecule has 0 bridgehead atoms. The van der Waals surface area contributed by atoms with Crippen LogP contribution < -0.4 is 5.73 Å². The van der Waals surface area contributed by atoms with Crippen molar-refractivity contribution in [2.75, 3.05) is 53.2 Å². The largest absolute Gasteiger partial charge is 0.508 e. The van der Waals surface area contributed by atoms with Crippen molar-refractivity contribution in [2.45, 2.75) is 46.6 Å². The van der Waals surface area contributed by atoms with Gasteiger partial charge in [0, 0.05) is 19.9 Å². The molecule has 0 unspecified atom stereocenters. The van der Waals surface area contributed by atoms with E-state index in [0.717, 1.165) is 0 Å². The number of hydrogen-bond acceptors (Lipinski definition) is 11. The van der Waals surface area contributed by atoms with Crippen LogP contribution in [0.5, 0.6) is 0 Å². The van der Waals surface area contributed by atoms with Crippen LogP contribution in [0, 0.1) is 0 Å². The number of guanidine groups is 1. The zero-order valence-electron chi connectivity index (χ0n) is 20.4. The summed E-state index contributed by atoms with van der Waals surface area (Å²) in [6.07, 6.45) is -1.64. The Morgan fingerprint density at radius 1 is 0.882 bits per heavy atom. The summed E-state index contributed by atoms with van der Waals surface area (Å²) in [5.41, 5.74) is 5.85. The lowest BCUT2D eigenvalue weighted by molar-refractivity contribution is -0.147. The molecule has 0 aromatic rings. The lowest BCUT2D eigenvalue weighted by Crippen LogP contribution is -2.38. The molecule has 0 saturated heterocycles. The molecule has 14 nitrogen and oxygen atoms in total. The number of hydrogen-bond donors (Lipinski definition) is 1. The summed E-state index contributed by atoms with van der Waals surface area (Å²) >= 11 is 0. The number of nitrogens with zero attached hydrogens (tertiary/aromatic N) is 2. The highest BCUT2D eigenvalue weighted by Crippen LogP contribution is 2.50. The highest BCUT2D eigenvalue weighted by molar-refractivity contribution is 7.52. The number of carbonyl (C=O) groups is 3. The second-order valence-electron chi connectivity index (χ2n) is 6.76. The van der Waals surface area contributed by atoms with Gasteiger partial charge in [0.15, 0.2) is 0 Å². The lowest BCUT2D eigenvalue weighted by atomic mass is 10.5. The van der Waals surface area contributed by atoms with Gasteiger partial charge in [-0.05, 0) is 27.7 Å². The Balaban J connectivity index is 4.93. The molecular formula is C19H36N3O11P. The molecular weight excluding hydrogens is 477 g/mol. The van der Waals surface area contributed by atoms with Crippen LogP contribution in [0.4, 0.5) is 9.59 Å². The van der Waals surface area contributed by atoms with Crippen LogP contribution in [0.3, 0.4) is 0 Å². The van der Waals surface area contributed by atoms with Crippen molar-refractivity contribution in [3.63, 3.8) is 0 Å². The first-order valence-corrected chi connectivity index (χ1v) is 12.3. The van der Waals surface area contributed by atoms with E-state index in [9.17, 15) is 18.9 Å². The van der Waals surface area contributed by atoms with Crippen molar-refractivity contribution in [1.29, 1.82) is 0 Å². The van der Waals surface area contributed by atoms with Gasteiger partial charge in [0.2, 0.25) is 5.96 Å². The van der Waals surface area contributed by atoms with Crippen molar-refractivity contribution in [3.05, 3.63) is 0 Å². The molecule has 0 fully saturated rings. The lowest BCUT2D eigenvalue weighted by Gasteiger charge is -2.20. The van der Waals surface area contributed by atoms with Gasteiger partial charge in [0.25, 0.3) is 0 Å². The number of likely N-dealkylation sites (N-methyl/N-ethyl adjacent to an activating group) is 1. The van der Waals surface area contributed by atoms with Crippen LogP contribution in [0.15, 0.2) is 4.76 Å². The van der Waals surface area contributed by atoms with Gasteiger partial charge in [-0.15, -0.1) is 4.76 Å². The van der Waals surface area contributed by atoms with E-state index in [2.05, 4.69) is 14.2 Å². The van der Waals surface area contributed by atoms with Crippen LogP contribution in [-0.4, -0.2) is 88.5 Å². The summed E-state index contributed by atoms with van der Waals surface area (Å²) in [6.45, 7) is 6.38. The smallest absolute Gasteiger partial charge is 0.462 e. The Hall–Kier alpha value is -2.57. The first-order valence-electron chi connectivity index (χ1n) is 10.8. The van der Waals surface area contributed by atoms with Gasteiger partial charge in [0.1, 0.15) is 6.54 Å². The van der Waals surface area contributed by atoms with Crippen LogP contribution in [-0.2, 0) is 42.1 Å². The van der Waals surface area contributed by atoms with Crippen LogP contribution in [0.1, 0.15) is 40.5 Å². The van der Waals surface area contributed by atoms with Crippen molar-refractivity contribution in [3.8, 4) is 0 Å². The molecule has 198 valence electrons. The standard InChI is InChI=1S/C19H36N3O11P/c1-6-27-18(24)29-10-8-12-31-34(26,32-13-9-11-30-19(25)28-7-2)21-17(20)22(5)14-16(23)33-15(3)4/h15H,6-14H2,1-5H3,(H2,20,21,26). The summed E-state index contributed by atoms with van der Waals surface area (Å²) in [6, 6.07) is 0. The van der Waals surface area contributed by atoms with E-state index in [1.54, 1.807) is 27.7 Å². The van der Waals surface area contributed by atoms with E-state index in [4.69, 9.17) is 29.0 Å². The molecule has 0 aliphatic heterocycles. The van der Waals surface area contributed by atoms with Crippen molar-refractivity contribution >= 4 is 32.0 Å². The Kier molecular flexibility index (Phi) is 16.5. The van der Waals surface area contributed by atoms with Crippen molar-refractivity contribution < 1.29 is 51.7 Å². The fourth-order valence-corrected chi connectivity index (χ4v) is 3.29. The Labute approximate surface area is 199 Å². The summed E-state index contributed by atoms with van der Waals surface area (Å²) in [4.78, 5) is 35.4. The van der Waals surface area contributed by atoms with Gasteiger partial charge in [-0.25, -0.2) is 14.2 Å². The summed E-state index contributed by atoms with van der Waals surface area (Å²) in [5.74, 6) is -0.839. The second-order valence-corrected chi connectivity index (χ2v) is 8.41. The molecule has 0 aliphatic carbocycles. The topological polar surface area (TPSA) is 175 Å². The normalized spacial score (nSPS) is 11.6. The van der Waals surface area contributed by atoms with E-state index in [-0.39, 0.29) is 71.1 Å². The fraction of sp³-hybridized carbons (Fsp3) is 0.789. The van der Waals surface area contributed by atoms with E-state index in [0.29, 0.717) is 0 Å². The molecule has 0 heterocycles. The number of ether oxygens (including phenoxy) is 5. The number of nitrogens with two attached hydrogens (primary N) is 1. The summed E-state index contributed by atoms with van der Waals surface area (Å²) in [7, 11) is -2.68. The Morgan fingerprint density at radius 3 is 1.76 bits per heavy atom. The number of carbonyl (C=O) groups excluding carboxylic acids is 3. The third kappa shape index (κ3) is 16.1. The van der Waals surface area contributed by atoms with Gasteiger partial charge >= 0.3 is 26.0 Å². The zero-order chi connectivity index (χ0) is 26.0. The molecule has 0 rings (SSSR count). The third-order valence-corrected chi connectivity index (χ3v) is 4.87. The molecule has 0 aromatic heterocycles. The molecule has 34 heavy (non-hydrogen) atoms. The maximum Gasteiger partial charge on any atom is 0.508 e. The Morgan fingerprint density at radius 2 is 1.35 bits per heavy atom. The zero-order valence-corrected chi connectivity index (χ0v) is 21.2. The van der Waals surface area contributed by atoms with Gasteiger partial charge in [-0.2, -0.15) is 0 Å². The van der Waals surface area contributed by atoms with E-state index >= 15 is 0 Å². The van der Waals surface area contributed by atoms with Crippen LogP contribution in [0.25, 0.3) is 0 Å². The van der Waals surface area contributed by atoms with E-state index < -0.39 is 26.0 Å². The first kappa shape index (κ1) is 31.4. The minimum absolute atomic E-state index is 0.0493. The van der Waals surface area contributed by atoms with Crippen molar-refractivity contribution in [1.82, 2.24) is 4.90 Å². The number of rotatable bonds is 16. The SMILES string of the molecule is CCOC(=O)OCCCOP(=O)(/N=C(\N)N(C)CC(=O)OC(C)C)OCCCOC(=O)OCC. The highest BCUT2D eigenvalue weighted by Gasteiger charge is 2.26. The fourth-order valence-electron chi connectivity index (χ4n) is 1.98. The molecule has 0 amide bonds. The average molecular weight is 513 g/mol. The predicted octanol–water partition coefficient (Wildman–Crippen LogP) is 2.45. The molecule has 0 atom stereocenters. The maximum absolute atomic E-state index is 13.1. The van der Waals surface area contributed by atoms with Crippen LogP contribution in [0.2, 0.25) is 0 Å². The maximum atomic E-state index is 13.1.